The summed E-state index contributed by atoms with van der Waals surface area (Å²) in [5.74, 6) is -2.38. The van der Waals surface area contributed by atoms with Crippen LogP contribution in [0.1, 0.15) is 86.5 Å². The van der Waals surface area contributed by atoms with E-state index in [-0.39, 0.29) is 18.5 Å². The van der Waals surface area contributed by atoms with Gasteiger partial charge in [-0.25, -0.2) is 9.59 Å². The van der Waals surface area contributed by atoms with E-state index in [1.165, 1.54) is 15.5 Å². The van der Waals surface area contributed by atoms with E-state index in [9.17, 15) is 33.0 Å². The van der Waals surface area contributed by atoms with E-state index >= 15 is 0 Å². The molecule has 0 radical (unpaired) electrons. The number of nitrogens with zero attached hydrogens (tertiary/aromatic N) is 3. The molecule has 14 heteroatoms. The van der Waals surface area contributed by atoms with Crippen molar-refractivity contribution in [2.75, 3.05) is 39.0 Å². The van der Waals surface area contributed by atoms with Gasteiger partial charge in [-0.2, -0.15) is 12.8 Å². The minimum absolute atomic E-state index is 0.0288. The average molecular weight is 658 g/mol. The first-order chi connectivity index (χ1) is 20.8. The van der Waals surface area contributed by atoms with E-state index in [0.717, 1.165) is 25.7 Å². The number of amides is 3. The van der Waals surface area contributed by atoms with Crippen molar-refractivity contribution in [3.63, 3.8) is 0 Å². The molecule has 0 aromatic heterocycles. The summed E-state index contributed by atoms with van der Waals surface area (Å²) in [7, 11) is -4.30. The maximum atomic E-state index is 13.6. The summed E-state index contributed by atoms with van der Waals surface area (Å²) in [6.07, 6.45) is 8.91. The molecule has 4 N–H and O–H groups in total. The summed E-state index contributed by atoms with van der Waals surface area (Å²) < 4.78 is 33.6. The zero-order chi connectivity index (χ0) is 33.8. The Hall–Kier alpha value is -2.55. The molecular weight excluding hydrogens is 602 g/mol. The van der Waals surface area contributed by atoms with Gasteiger partial charge in [-0.05, 0) is 46.0 Å². The third-order valence-corrected chi connectivity index (χ3v) is 12.4. The van der Waals surface area contributed by atoms with E-state index in [2.05, 4.69) is 17.6 Å². The lowest BCUT2D eigenvalue weighted by Gasteiger charge is -2.51. The largest absolute Gasteiger partial charge is 0.479 e. The van der Waals surface area contributed by atoms with Crippen LogP contribution < -0.4 is 10.6 Å². The number of hydrogen-bond donors (Lipinski definition) is 4. The predicted molar refractivity (Wildman–Crippen MR) is 172 cm³/mol. The van der Waals surface area contributed by atoms with Gasteiger partial charge in [0.25, 0.3) is 0 Å². The number of nitrogens with one attached hydrogen (secondary N) is 2. The normalized spacial score (nSPS) is 28.0. The SMILES string of the molecule is CCCCC/C=C\C1C[C@]1(NC(=O)[C@@H]1CCCN1C(=O)CNC(=O)OC(CN1CCN(C(C)C)S1(C)(=O)O)C(C)(C)C)C(=O)O. The number of carboxylic acid groups (broad SMARTS) is 1. The molecule has 258 valence electrons. The molecule has 0 bridgehead atoms. The minimum atomic E-state index is -4.30. The Balaban J connectivity index is 1.56. The van der Waals surface area contributed by atoms with Gasteiger partial charge in [0, 0.05) is 37.0 Å². The van der Waals surface area contributed by atoms with Crippen molar-refractivity contribution < 1.29 is 37.8 Å². The van der Waals surface area contributed by atoms with Gasteiger partial charge in [-0.1, -0.05) is 62.4 Å². The lowest BCUT2D eigenvalue weighted by atomic mass is 9.89. The van der Waals surface area contributed by atoms with Gasteiger partial charge in [0.1, 0.15) is 24.2 Å². The molecule has 3 fully saturated rings. The lowest BCUT2D eigenvalue weighted by molar-refractivity contribution is -0.145. The average Bonchev–Trinajstić information content (AvgIpc) is 3.27. The van der Waals surface area contributed by atoms with Crippen molar-refractivity contribution in [2.24, 2.45) is 11.3 Å². The number of carbonyl (C=O) groups excluding carboxylic acids is 3. The van der Waals surface area contributed by atoms with E-state index in [0.29, 0.717) is 38.9 Å². The van der Waals surface area contributed by atoms with Crippen molar-refractivity contribution in [2.45, 2.75) is 110 Å². The van der Waals surface area contributed by atoms with E-state index in [1.54, 1.807) is 4.31 Å². The highest BCUT2D eigenvalue weighted by molar-refractivity contribution is 8.10. The third kappa shape index (κ3) is 8.63. The first kappa shape index (κ1) is 36.9. The van der Waals surface area contributed by atoms with Crippen LogP contribution in [-0.4, -0.2) is 114 Å². The summed E-state index contributed by atoms with van der Waals surface area (Å²) in [6.45, 7) is 12.1. The van der Waals surface area contributed by atoms with Crippen LogP contribution >= 0.6 is 0 Å². The Morgan fingerprint density at radius 3 is 2.40 bits per heavy atom. The monoisotopic (exact) mass is 657 g/mol. The van der Waals surface area contributed by atoms with Crippen LogP contribution in [-0.2, 0) is 28.8 Å². The Kier molecular flexibility index (Phi) is 11.5. The van der Waals surface area contributed by atoms with Gasteiger partial charge in [0.05, 0.1) is 12.8 Å². The molecule has 4 atom stereocenters. The molecule has 2 heterocycles. The molecular formula is C31H55N5O8S. The number of unbranched alkanes of at least 4 members (excludes halogenated alkanes) is 3. The Labute approximate surface area is 267 Å². The zero-order valence-corrected chi connectivity index (χ0v) is 28.9. The van der Waals surface area contributed by atoms with Crippen molar-refractivity contribution in [1.82, 2.24) is 24.1 Å². The summed E-state index contributed by atoms with van der Waals surface area (Å²) in [6, 6.07) is -0.983. The zero-order valence-electron chi connectivity index (χ0n) is 28.0. The molecule has 1 saturated carbocycles. The molecule has 3 amide bonds. The van der Waals surface area contributed by atoms with Gasteiger partial charge in [-0.3, -0.25) is 14.1 Å². The Morgan fingerprint density at radius 1 is 1.13 bits per heavy atom. The first-order valence-corrected chi connectivity index (χ1v) is 18.4. The number of alkyl carbamates (subject to hydrolysis) is 1. The fourth-order valence-electron chi connectivity index (χ4n) is 6.26. The van der Waals surface area contributed by atoms with E-state index < -0.39 is 63.2 Å². The number of ether oxygens (including phenoxy) is 1. The van der Waals surface area contributed by atoms with Crippen molar-refractivity contribution in [1.29, 1.82) is 0 Å². The van der Waals surface area contributed by atoms with Crippen LogP contribution in [0.15, 0.2) is 12.2 Å². The molecule has 0 spiro atoms. The molecule has 2 unspecified atom stereocenters. The minimum Gasteiger partial charge on any atom is -0.479 e. The molecule has 0 aromatic rings. The standard InChI is InChI=1S/C31H55N5O8S/c1-8-9-10-11-12-14-23-19-31(23,28(39)40)33-27(38)24-15-13-16-35(24)26(37)20-32-29(41)44-25(30(4,5)6)21-34-17-18-36(22(2)3)45(34,7,42)43/h12,14,22-25H,8-11,13,15-21H2,1-7H3,(H,32,41)(H,33,38)(H,39,40)(H,42,43)/b14-12-/t23?,24-,25?,31+/m0/s1. The second-order valence-electron chi connectivity index (χ2n) is 14.2. The second-order valence-corrected chi connectivity index (χ2v) is 17.5. The highest BCUT2D eigenvalue weighted by Crippen LogP contribution is 2.45. The molecule has 1 aliphatic carbocycles. The topological polar surface area (TPSA) is 169 Å². The van der Waals surface area contributed by atoms with Crippen LogP contribution in [0.5, 0.6) is 0 Å². The number of carboxylic acids is 1. The van der Waals surface area contributed by atoms with Crippen LogP contribution in [0, 0.1) is 11.3 Å². The Morgan fingerprint density at radius 2 is 1.82 bits per heavy atom. The third-order valence-electron chi connectivity index (χ3n) is 9.21. The number of hydrogen-bond acceptors (Lipinski definition) is 6. The summed E-state index contributed by atoms with van der Waals surface area (Å²) in [5, 5.41) is 15.1. The molecule has 2 saturated heterocycles. The number of allylic oxidation sites excluding steroid dienone is 1. The van der Waals surface area contributed by atoms with Crippen molar-refractivity contribution in [3.05, 3.63) is 12.2 Å². The Bertz CT molecular complexity index is 1210. The highest BCUT2D eigenvalue weighted by atomic mass is 32.3. The number of aliphatic carboxylic acids is 1. The maximum Gasteiger partial charge on any atom is 0.407 e. The molecule has 3 rings (SSSR count). The number of likely N-dealkylation sites (tertiary alicyclic amines) is 1. The summed E-state index contributed by atoms with van der Waals surface area (Å²) in [5.41, 5.74) is -1.94. The second kappa shape index (κ2) is 14.1. The van der Waals surface area contributed by atoms with Crippen molar-refractivity contribution in [3.8, 4) is 0 Å². The molecule has 3 aliphatic rings. The smallest absolute Gasteiger partial charge is 0.407 e. The summed E-state index contributed by atoms with van der Waals surface area (Å²) >= 11 is 0. The molecule has 13 nitrogen and oxygen atoms in total. The number of rotatable bonds is 14. The van der Waals surface area contributed by atoms with Gasteiger partial charge >= 0.3 is 12.1 Å². The maximum absolute atomic E-state index is 13.6. The highest BCUT2D eigenvalue weighted by Gasteiger charge is 2.61. The van der Waals surface area contributed by atoms with Crippen LogP contribution in [0.2, 0.25) is 0 Å². The summed E-state index contributed by atoms with van der Waals surface area (Å²) in [4.78, 5) is 52.7. The molecule has 0 aromatic carbocycles. The van der Waals surface area contributed by atoms with Gasteiger partial charge < -0.3 is 25.4 Å². The van der Waals surface area contributed by atoms with Gasteiger partial charge in [0.2, 0.25) is 11.8 Å². The first-order valence-electron chi connectivity index (χ1n) is 16.2. The number of carbonyl (C=O) groups is 4. The van der Waals surface area contributed by atoms with Gasteiger partial charge in [-0.15, -0.1) is 0 Å². The van der Waals surface area contributed by atoms with E-state index in [4.69, 9.17) is 4.74 Å². The van der Waals surface area contributed by atoms with E-state index in [1.807, 2.05) is 46.8 Å². The molecule has 2 aliphatic heterocycles. The van der Waals surface area contributed by atoms with Crippen LogP contribution in [0.4, 0.5) is 4.79 Å². The van der Waals surface area contributed by atoms with Crippen molar-refractivity contribution >= 4 is 33.6 Å². The lowest BCUT2D eigenvalue weighted by Crippen LogP contribution is -2.58. The van der Waals surface area contributed by atoms with Gasteiger partial charge in [0.15, 0.2) is 0 Å². The van der Waals surface area contributed by atoms with Crippen LogP contribution in [0.25, 0.3) is 0 Å². The molecule has 45 heavy (non-hydrogen) atoms. The quantitative estimate of drug-likeness (QED) is 0.163. The van der Waals surface area contributed by atoms with Crippen LogP contribution in [0.3, 0.4) is 0 Å². The fraction of sp³-hybridized carbons (Fsp3) is 0.806. The fourth-order valence-corrected chi connectivity index (χ4v) is 9.01. The predicted octanol–water partition coefficient (Wildman–Crippen LogP) is 2.99.